The van der Waals surface area contributed by atoms with Gasteiger partial charge in [0.2, 0.25) is 0 Å². The second kappa shape index (κ2) is 7.50. The van der Waals surface area contributed by atoms with Crippen molar-refractivity contribution in [2.24, 2.45) is 5.41 Å². The van der Waals surface area contributed by atoms with Gasteiger partial charge in [0.15, 0.2) is 11.5 Å². The van der Waals surface area contributed by atoms with Gasteiger partial charge in [0.1, 0.15) is 0 Å². The predicted molar refractivity (Wildman–Crippen MR) is 81.3 cm³/mol. The Labute approximate surface area is 122 Å². The Hall–Kier alpha value is -1.26. The van der Waals surface area contributed by atoms with Crippen molar-refractivity contribution in [1.29, 1.82) is 0 Å². The van der Waals surface area contributed by atoms with Gasteiger partial charge in [-0.1, -0.05) is 32.9 Å². The van der Waals surface area contributed by atoms with E-state index in [1.807, 2.05) is 18.2 Å². The molecule has 20 heavy (non-hydrogen) atoms. The fourth-order valence-electron chi connectivity index (χ4n) is 2.30. The molecule has 1 aromatic rings. The highest BCUT2D eigenvalue weighted by atomic mass is 16.5. The fourth-order valence-corrected chi connectivity index (χ4v) is 2.30. The van der Waals surface area contributed by atoms with E-state index >= 15 is 0 Å². The van der Waals surface area contributed by atoms with Crippen molar-refractivity contribution in [3.63, 3.8) is 0 Å². The van der Waals surface area contributed by atoms with Crippen LogP contribution in [0.3, 0.4) is 0 Å². The monoisotopic (exact) mass is 281 g/mol. The summed E-state index contributed by atoms with van der Waals surface area (Å²) < 4.78 is 10.7. The molecule has 0 aromatic heterocycles. The third kappa shape index (κ3) is 4.39. The largest absolute Gasteiger partial charge is 0.493 e. The molecule has 0 aliphatic heterocycles. The Morgan fingerprint density at radius 1 is 1.20 bits per heavy atom. The number of hydrogen-bond donors (Lipinski definition) is 2. The van der Waals surface area contributed by atoms with Crippen LogP contribution in [0.2, 0.25) is 0 Å². The molecule has 1 aromatic carbocycles. The number of hydrogen-bond acceptors (Lipinski definition) is 4. The Kier molecular flexibility index (Phi) is 6.30. The number of aliphatic hydroxyl groups is 1. The first kappa shape index (κ1) is 16.8. The van der Waals surface area contributed by atoms with Crippen LogP contribution < -0.4 is 14.8 Å². The molecule has 0 saturated carbocycles. The minimum atomic E-state index is 0.0921. The molecule has 114 valence electrons. The molecular formula is C16H27NO3. The first-order chi connectivity index (χ1) is 9.43. The molecule has 0 aliphatic carbocycles. The smallest absolute Gasteiger partial charge is 0.165 e. The maximum atomic E-state index is 9.20. The van der Waals surface area contributed by atoms with Crippen molar-refractivity contribution in [3.8, 4) is 11.5 Å². The number of methoxy groups -OCH3 is 2. The Morgan fingerprint density at radius 3 is 2.40 bits per heavy atom. The lowest BCUT2D eigenvalue weighted by Crippen LogP contribution is -2.40. The average Bonchev–Trinajstić information content (AvgIpc) is 2.41. The topological polar surface area (TPSA) is 50.7 Å². The molecule has 0 spiro atoms. The van der Waals surface area contributed by atoms with Crippen LogP contribution in [0.5, 0.6) is 11.5 Å². The molecule has 4 heteroatoms. The summed E-state index contributed by atoms with van der Waals surface area (Å²) in [7, 11) is 3.29. The van der Waals surface area contributed by atoms with E-state index in [2.05, 4.69) is 26.1 Å². The van der Waals surface area contributed by atoms with Gasteiger partial charge < -0.3 is 19.9 Å². The van der Waals surface area contributed by atoms with Gasteiger partial charge in [-0.05, 0) is 17.9 Å². The van der Waals surface area contributed by atoms with Crippen molar-refractivity contribution < 1.29 is 14.6 Å². The zero-order valence-electron chi connectivity index (χ0n) is 13.2. The normalized spacial score (nSPS) is 13.1. The van der Waals surface area contributed by atoms with Crippen molar-refractivity contribution in [2.75, 3.05) is 20.8 Å². The van der Waals surface area contributed by atoms with Gasteiger partial charge in [-0.15, -0.1) is 0 Å². The minimum absolute atomic E-state index is 0.0921. The van der Waals surface area contributed by atoms with Gasteiger partial charge in [-0.2, -0.15) is 0 Å². The molecule has 2 N–H and O–H groups in total. The molecule has 1 unspecified atom stereocenters. The van der Waals surface area contributed by atoms with Gasteiger partial charge in [0, 0.05) is 24.8 Å². The second-order valence-electron chi connectivity index (χ2n) is 5.96. The summed E-state index contributed by atoms with van der Waals surface area (Å²) in [6, 6.07) is 6.10. The number of rotatable bonds is 7. The van der Waals surface area contributed by atoms with Crippen molar-refractivity contribution >= 4 is 0 Å². The Bertz CT molecular complexity index is 413. The molecule has 1 atom stereocenters. The Balaban J connectivity index is 2.82. The first-order valence-corrected chi connectivity index (χ1v) is 6.98. The quantitative estimate of drug-likeness (QED) is 0.806. The van der Waals surface area contributed by atoms with Crippen LogP contribution in [0.1, 0.15) is 32.8 Å². The predicted octanol–water partition coefficient (Wildman–Crippen LogP) is 2.59. The van der Waals surface area contributed by atoms with Gasteiger partial charge in [0.05, 0.1) is 14.2 Å². The zero-order valence-corrected chi connectivity index (χ0v) is 13.2. The average molecular weight is 281 g/mol. The van der Waals surface area contributed by atoms with E-state index in [9.17, 15) is 5.11 Å². The van der Waals surface area contributed by atoms with E-state index in [0.717, 1.165) is 23.5 Å². The Morgan fingerprint density at radius 2 is 1.90 bits per heavy atom. The second-order valence-corrected chi connectivity index (χ2v) is 5.96. The number of aliphatic hydroxyl groups excluding tert-OH is 1. The highest BCUT2D eigenvalue weighted by Crippen LogP contribution is 2.31. The van der Waals surface area contributed by atoms with E-state index in [4.69, 9.17) is 9.47 Å². The molecule has 0 bridgehead atoms. The summed E-state index contributed by atoms with van der Waals surface area (Å²) in [5.74, 6) is 1.50. The highest BCUT2D eigenvalue weighted by Gasteiger charge is 2.24. The van der Waals surface area contributed by atoms with Gasteiger partial charge in [0.25, 0.3) is 0 Å². The summed E-state index contributed by atoms with van der Waals surface area (Å²) in [4.78, 5) is 0. The van der Waals surface area contributed by atoms with Crippen LogP contribution in [-0.4, -0.2) is 32.0 Å². The number of nitrogens with one attached hydrogen (secondary N) is 1. The SMILES string of the molecule is COc1cccc(CNC(CCO)C(C)(C)C)c1OC. The number of para-hydroxylation sites is 1. The first-order valence-electron chi connectivity index (χ1n) is 6.98. The van der Waals surface area contributed by atoms with E-state index in [-0.39, 0.29) is 18.1 Å². The number of benzene rings is 1. The van der Waals surface area contributed by atoms with Crippen LogP contribution in [-0.2, 0) is 6.54 Å². The van der Waals surface area contributed by atoms with Gasteiger partial charge >= 0.3 is 0 Å². The van der Waals surface area contributed by atoms with E-state index < -0.39 is 0 Å². The summed E-state index contributed by atoms with van der Waals surface area (Å²) >= 11 is 0. The van der Waals surface area contributed by atoms with Crippen molar-refractivity contribution in [3.05, 3.63) is 23.8 Å². The molecule has 0 saturated heterocycles. The highest BCUT2D eigenvalue weighted by molar-refractivity contribution is 5.46. The summed E-state index contributed by atoms with van der Waals surface area (Å²) in [6.45, 7) is 7.38. The maximum absolute atomic E-state index is 9.20. The number of ether oxygens (including phenoxy) is 2. The van der Waals surface area contributed by atoms with Crippen molar-refractivity contribution in [1.82, 2.24) is 5.32 Å². The van der Waals surface area contributed by atoms with Crippen molar-refractivity contribution in [2.45, 2.75) is 39.8 Å². The molecular weight excluding hydrogens is 254 g/mol. The van der Waals surface area contributed by atoms with Crippen LogP contribution >= 0.6 is 0 Å². The molecule has 0 amide bonds. The molecule has 0 radical (unpaired) electrons. The standard InChI is InChI=1S/C16H27NO3/c1-16(2,3)14(9-10-18)17-11-12-7-6-8-13(19-4)15(12)20-5/h6-8,14,17-18H,9-11H2,1-5H3. The fraction of sp³-hybridized carbons (Fsp3) is 0.625. The molecule has 0 heterocycles. The van der Waals surface area contributed by atoms with Gasteiger partial charge in [-0.25, -0.2) is 0 Å². The third-order valence-corrected chi connectivity index (χ3v) is 3.49. The molecule has 0 fully saturated rings. The van der Waals surface area contributed by atoms with Crippen LogP contribution in [0.15, 0.2) is 18.2 Å². The molecule has 0 aliphatic rings. The lowest BCUT2D eigenvalue weighted by molar-refractivity contribution is 0.196. The molecule has 4 nitrogen and oxygen atoms in total. The van der Waals surface area contributed by atoms with Crippen LogP contribution in [0.4, 0.5) is 0 Å². The third-order valence-electron chi connectivity index (χ3n) is 3.49. The maximum Gasteiger partial charge on any atom is 0.165 e. The van der Waals surface area contributed by atoms with E-state index in [1.165, 1.54) is 0 Å². The van der Waals surface area contributed by atoms with Crippen LogP contribution in [0.25, 0.3) is 0 Å². The van der Waals surface area contributed by atoms with E-state index in [0.29, 0.717) is 6.54 Å². The molecule has 1 rings (SSSR count). The van der Waals surface area contributed by atoms with Crippen LogP contribution in [0, 0.1) is 5.41 Å². The summed E-state index contributed by atoms with van der Waals surface area (Å²) in [6.07, 6.45) is 0.732. The lowest BCUT2D eigenvalue weighted by Gasteiger charge is -2.31. The summed E-state index contributed by atoms with van der Waals surface area (Å²) in [5.41, 5.74) is 1.15. The summed E-state index contributed by atoms with van der Waals surface area (Å²) in [5, 5.41) is 12.7. The zero-order chi connectivity index (χ0) is 15.2. The van der Waals surface area contributed by atoms with E-state index in [1.54, 1.807) is 14.2 Å². The lowest BCUT2D eigenvalue weighted by atomic mass is 9.85. The minimum Gasteiger partial charge on any atom is -0.493 e. The van der Waals surface area contributed by atoms with Gasteiger partial charge in [-0.3, -0.25) is 0 Å².